The topological polar surface area (TPSA) is 64.8 Å². The SMILES string of the molecule is CC1(C)CN(C(=O)c2cccc3c2OCCO3)CCC1N. The van der Waals surface area contributed by atoms with E-state index in [1.54, 1.807) is 6.07 Å². The van der Waals surface area contributed by atoms with Crippen LogP contribution in [0.1, 0.15) is 30.6 Å². The number of hydrogen-bond donors (Lipinski definition) is 1. The second-order valence-corrected chi connectivity index (χ2v) is 6.44. The first-order valence-electron chi connectivity index (χ1n) is 7.42. The molecule has 1 atom stereocenters. The van der Waals surface area contributed by atoms with E-state index < -0.39 is 0 Å². The number of amides is 1. The average Bonchev–Trinajstić information content (AvgIpc) is 2.48. The van der Waals surface area contributed by atoms with Crippen LogP contribution < -0.4 is 15.2 Å². The van der Waals surface area contributed by atoms with Gasteiger partial charge >= 0.3 is 0 Å². The highest BCUT2D eigenvalue weighted by molar-refractivity contribution is 5.98. The van der Waals surface area contributed by atoms with Crippen LogP contribution in [0.5, 0.6) is 11.5 Å². The Kier molecular flexibility index (Phi) is 3.53. The first kappa shape index (κ1) is 14.2. The van der Waals surface area contributed by atoms with Gasteiger partial charge in [-0.2, -0.15) is 0 Å². The highest BCUT2D eigenvalue weighted by Crippen LogP contribution is 2.36. The zero-order valence-electron chi connectivity index (χ0n) is 12.6. The number of hydrogen-bond acceptors (Lipinski definition) is 4. The Balaban J connectivity index is 1.86. The summed E-state index contributed by atoms with van der Waals surface area (Å²) in [6.07, 6.45) is 0.825. The van der Waals surface area contributed by atoms with Crippen LogP contribution >= 0.6 is 0 Å². The molecular weight excluding hydrogens is 268 g/mol. The number of ether oxygens (including phenoxy) is 2. The van der Waals surface area contributed by atoms with Crippen LogP contribution in [-0.2, 0) is 0 Å². The average molecular weight is 290 g/mol. The largest absolute Gasteiger partial charge is 0.486 e. The van der Waals surface area contributed by atoms with Crippen molar-refractivity contribution in [3.63, 3.8) is 0 Å². The van der Waals surface area contributed by atoms with E-state index in [9.17, 15) is 4.79 Å². The molecule has 5 heteroatoms. The Morgan fingerprint density at radius 2 is 2.10 bits per heavy atom. The third kappa shape index (κ3) is 2.58. The third-order valence-corrected chi connectivity index (χ3v) is 4.40. The van der Waals surface area contributed by atoms with Crippen molar-refractivity contribution in [1.29, 1.82) is 0 Å². The van der Waals surface area contributed by atoms with Crippen LogP contribution in [-0.4, -0.2) is 43.2 Å². The van der Waals surface area contributed by atoms with E-state index in [2.05, 4.69) is 13.8 Å². The molecule has 1 fully saturated rings. The van der Waals surface area contributed by atoms with Gasteiger partial charge in [0.25, 0.3) is 5.91 Å². The minimum atomic E-state index is -0.0693. The number of para-hydroxylation sites is 1. The molecule has 2 aliphatic rings. The molecule has 1 amide bonds. The fraction of sp³-hybridized carbons (Fsp3) is 0.562. The summed E-state index contributed by atoms with van der Waals surface area (Å²) < 4.78 is 11.2. The van der Waals surface area contributed by atoms with Crippen LogP contribution in [0.3, 0.4) is 0 Å². The second-order valence-electron chi connectivity index (χ2n) is 6.44. The molecule has 0 aromatic heterocycles. The van der Waals surface area contributed by atoms with Gasteiger partial charge in [-0.25, -0.2) is 0 Å². The Bertz CT molecular complexity index is 556. The van der Waals surface area contributed by atoms with Crippen molar-refractivity contribution in [1.82, 2.24) is 4.90 Å². The standard InChI is InChI=1S/C16H22N2O3/c1-16(2)10-18(7-6-13(16)17)15(19)11-4-3-5-12-14(11)21-9-8-20-12/h3-5,13H,6-10,17H2,1-2H3. The molecule has 0 spiro atoms. The highest BCUT2D eigenvalue weighted by Gasteiger charge is 2.36. The normalized spacial score (nSPS) is 23.8. The third-order valence-electron chi connectivity index (χ3n) is 4.40. The molecule has 2 heterocycles. The van der Waals surface area contributed by atoms with Crippen molar-refractivity contribution in [2.24, 2.45) is 11.1 Å². The van der Waals surface area contributed by atoms with Gasteiger partial charge in [0.05, 0.1) is 5.56 Å². The molecule has 0 saturated carbocycles. The van der Waals surface area contributed by atoms with E-state index in [0.717, 1.165) is 6.42 Å². The highest BCUT2D eigenvalue weighted by atomic mass is 16.6. The van der Waals surface area contributed by atoms with Crippen LogP contribution in [0.25, 0.3) is 0 Å². The van der Waals surface area contributed by atoms with Crippen LogP contribution in [0, 0.1) is 5.41 Å². The summed E-state index contributed by atoms with van der Waals surface area (Å²) in [4.78, 5) is 14.7. The molecule has 1 aromatic carbocycles. The molecule has 2 aliphatic heterocycles. The summed E-state index contributed by atoms with van der Waals surface area (Å²) >= 11 is 0. The molecule has 1 unspecified atom stereocenters. The number of likely N-dealkylation sites (tertiary alicyclic amines) is 1. The van der Waals surface area contributed by atoms with Gasteiger partial charge in [-0.1, -0.05) is 19.9 Å². The van der Waals surface area contributed by atoms with Gasteiger partial charge in [-0.3, -0.25) is 4.79 Å². The molecule has 0 aliphatic carbocycles. The molecule has 114 valence electrons. The van der Waals surface area contributed by atoms with Crippen molar-refractivity contribution < 1.29 is 14.3 Å². The van der Waals surface area contributed by atoms with Gasteiger partial charge < -0.3 is 20.1 Å². The van der Waals surface area contributed by atoms with Crippen LogP contribution in [0.2, 0.25) is 0 Å². The summed E-state index contributed by atoms with van der Waals surface area (Å²) in [5, 5.41) is 0. The lowest BCUT2D eigenvalue weighted by atomic mass is 9.79. The molecule has 5 nitrogen and oxygen atoms in total. The van der Waals surface area contributed by atoms with E-state index in [1.807, 2.05) is 17.0 Å². The van der Waals surface area contributed by atoms with Crippen LogP contribution in [0.15, 0.2) is 18.2 Å². The monoisotopic (exact) mass is 290 g/mol. The van der Waals surface area contributed by atoms with Crippen LogP contribution in [0.4, 0.5) is 0 Å². The first-order chi connectivity index (χ1) is 9.99. The Hall–Kier alpha value is -1.75. The number of fused-ring (bicyclic) bond motifs is 1. The Labute approximate surface area is 125 Å². The molecule has 0 radical (unpaired) electrons. The maximum atomic E-state index is 12.8. The smallest absolute Gasteiger partial charge is 0.257 e. The fourth-order valence-corrected chi connectivity index (χ4v) is 2.96. The van der Waals surface area contributed by atoms with Crippen molar-refractivity contribution in [3.05, 3.63) is 23.8 Å². The number of piperidine rings is 1. The number of nitrogens with zero attached hydrogens (tertiary/aromatic N) is 1. The van der Waals surface area contributed by atoms with E-state index in [4.69, 9.17) is 15.2 Å². The minimum Gasteiger partial charge on any atom is -0.486 e. The molecule has 2 N–H and O–H groups in total. The molecule has 3 rings (SSSR count). The second kappa shape index (κ2) is 5.22. The molecule has 1 aromatic rings. The van der Waals surface area contributed by atoms with Crippen molar-refractivity contribution in [2.75, 3.05) is 26.3 Å². The maximum Gasteiger partial charge on any atom is 0.257 e. The number of rotatable bonds is 1. The van der Waals surface area contributed by atoms with Gasteiger partial charge in [0, 0.05) is 19.1 Å². The Morgan fingerprint density at radius 1 is 1.33 bits per heavy atom. The van der Waals surface area contributed by atoms with Gasteiger partial charge in [-0.05, 0) is 24.0 Å². The molecule has 21 heavy (non-hydrogen) atoms. The molecule has 1 saturated heterocycles. The van der Waals surface area contributed by atoms with Crippen molar-refractivity contribution in [3.8, 4) is 11.5 Å². The van der Waals surface area contributed by atoms with E-state index in [0.29, 0.717) is 43.4 Å². The van der Waals surface area contributed by atoms with Crippen molar-refractivity contribution in [2.45, 2.75) is 26.3 Å². The lowest BCUT2D eigenvalue weighted by Crippen LogP contribution is -2.54. The van der Waals surface area contributed by atoms with E-state index >= 15 is 0 Å². The summed E-state index contributed by atoms with van der Waals surface area (Å²) in [6.45, 7) is 6.57. The number of carbonyl (C=O) groups is 1. The number of carbonyl (C=O) groups excluding carboxylic acids is 1. The minimum absolute atomic E-state index is 0.00248. The maximum absolute atomic E-state index is 12.8. The fourth-order valence-electron chi connectivity index (χ4n) is 2.96. The summed E-state index contributed by atoms with van der Waals surface area (Å²) in [6, 6.07) is 5.60. The predicted octanol–water partition coefficient (Wildman–Crippen LogP) is 1.66. The van der Waals surface area contributed by atoms with Gasteiger partial charge in [0.15, 0.2) is 11.5 Å². The van der Waals surface area contributed by atoms with Gasteiger partial charge in [0.2, 0.25) is 0 Å². The van der Waals surface area contributed by atoms with Gasteiger partial charge in [0.1, 0.15) is 13.2 Å². The Morgan fingerprint density at radius 3 is 2.86 bits per heavy atom. The lowest BCUT2D eigenvalue weighted by molar-refractivity contribution is 0.0525. The van der Waals surface area contributed by atoms with Gasteiger partial charge in [-0.15, -0.1) is 0 Å². The van der Waals surface area contributed by atoms with E-state index in [-0.39, 0.29) is 17.4 Å². The summed E-state index contributed by atoms with van der Waals surface area (Å²) in [7, 11) is 0. The molecule has 0 bridgehead atoms. The quantitative estimate of drug-likeness (QED) is 0.854. The zero-order valence-corrected chi connectivity index (χ0v) is 12.6. The first-order valence-corrected chi connectivity index (χ1v) is 7.42. The number of nitrogens with two attached hydrogens (primary N) is 1. The summed E-state index contributed by atoms with van der Waals surface area (Å²) in [5.41, 5.74) is 6.65. The zero-order chi connectivity index (χ0) is 15.0. The number of benzene rings is 1. The van der Waals surface area contributed by atoms with Crippen molar-refractivity contribution >= 4 is 5.91 Å². The molecular formula is C16H22N2O3. The van der Waals surface area contributed by atoms with E-state index in [1.165, 1.54) is 0 Å². The summed E-state index contributed by atoms with van der Waals surface area (Å²) in [5.74, 6) is 1.22. The lowest BCUT2D eigenvalue weighted by Gasteiger charge is -2.42. The predicted molar refractivity (Wildman–Crippen MR) is 79.7 cm³/mol.